The standard InChI is InChI=1S/C17H17F2N3O3/c1-10-13(8-20-11(2)21-10)17(25)22(6-5-16(23)24)9-12-3-4-14(18)15(19)7-12/h3-4,7-8H,5-6,9H2,1-2H3,(H,23,24). The Bertz CT molecular complexity index is 812. The molecule has 0 unspecified atom stereocenters. The van der Waals surface area contributed by atoms with Crippen LogP contribution in [0.5, 0.6) is 0 Å². The molecule has 0 saturated carbocycles. The van der Waals surface area contributed by atoms with Crippen molar-refractivity contribution in [3.8, 4) is 0 Å². The van der Waals surface area contributed by atoms with Crippen molar-refractivity contribution in [1.29, 1.82) is 0 Å². The highest BCUT2D eigenvalue weighted by Gasteiger charge is 2.20. The van der Waals surface area contributed by atoms with E-state index in [1.807, 2.05) is 0 Å². The first-order valence-electron chi connectivity index (χ1n) is 7.53. The zero-order valence-corrected chi connectivity index (χ0v) is 13.8. The summed E-state index contributed by atoms with van der Waals surface area (Å²) >= 11 is 0. The molecule has 8 heteroatoms. The largest absolute Gasteiger partial charge is 0.481 e. The summed E-state index contributed by atoms with van der Waals surface area (Å²) in [5.41, 5.74) is 1.05. The number of carboxylic acids is 1. The van der Waals surface area contributed by atoms with Crippen LogP contribution in [0, 0.1) is 25.5 Å². The molecule has 0 aliphatic heterocycles. The first-order chi connectivity index (χ1) is 11.8. The maximum Gasteiger partial charge on any atom is 0.305 e. The molecule has 1 aromatic carbocycles. The van der Waals surface area contributed by atoms with Crippen LogP contribution in [0.2, 0.25) is 0 Å². The summed E-state index contributed by atoms with van der Waals surface area (Å²) in [4.78, 5) is 32.9. The van der Waals surface area contributed by atoms with Gasteiger partial charge >= 0.3 is 5.97 Å². The minimum atomic E-state index is -1.07. The first-order valence-corrected chi connectivity index (χ1v) is 7.53. The smallest absolute Gasteiger partial charge is 0.305 e. The molecule has 0 atom stereocenters. The van der Waals surface area contributed by atoms with Crippen LogP contribution >= 0.6 is 0 Å². The Morgan fingerprint density at radius 1 is 1.20 bits per heavy atom. The predicted molar refractivity (Wildman–Crippen MR) is 84.9 cm³/mol. The molecule has 132 valence electrons. The maximum atomic E-state index is 13.4. The van der Waals surface area contributed by atoms with Crippen LogP contribution in [-0.2, 0) is 11.3 Å². The van der Waals surface area contributed by atoms with E-state index in [9.17, 15) is 18.4 Å². The van der Waals surface area contributed by atoms with Gasteiger partial charge in [0.25, 0.3) is 5.91 Å². The fourth-order valence-corrected chi connectivity index (χ4v) is 2.30. The van der Waals surface area contributed by atoms with Crippen LogP contribution in [-0.4, -0.2) is 38.4 Å². The second-order valence-electron chi connectivity index (χ2n) is 5.54. The van der Waals surface area contributed by atoms with Gasteiger partial charge in [-0.15, -0.1) is 0 Å². The molecule has 1 N–H and O–H groups in total. The average Bonchev–Trinajstić information content (AvgIpc) is 2.54. The third-order valence-electron chi connectivity index (χ3n) is 3.57. The molecule has 2 aromatic rings. The fourth-order valence-electron chi connectivity index (χ4n) is 2.30. The molecule has 0 aliphatic rings. The van der Waals surface area contributed by atoms with Crippen molar-refractivity contribution in [2.45, 2.75) is 26.8 Å². The van der Waals surface area contributed by atoms with Gasteiger partial charge < -0.3 is 10.0 Å². The van der Waals surface area contributed by atoms with E-state index in [-0.39, 0.29) is 25.1 Å². The third-order valence-corrected chi connectivity index (χ3v) is 3.57. The summed E-state index contributed by atoms with van der Waals surface area (Å²) in [6, 6.07) is 3.29. The minimum absolute atomic E-state index is 0.0589. The first kappa shape index (κ1) is 18.4. The molecule has 0 aliphatic carbocycles. The van der Waals surface area contributed by atoms with Crippen molar-refractivity contribution in [1.82, 2.24) is 14.9 Å². The van der Waals surface area contributed by atoms with E-state index in [1.165, 1.54) is 17.2 Å². The quantitative estimate of drug-likeness (QED) is 0.866. The highest BCUT2D eigenvalue weighted by atomic mass is 19.2. The summed E-state index contributed by atoms with van der Waals surface area (Å²) in [5.74, 6) is -3.05. The number of carboxylic acid groups (broad SMARTS) is 1. The molecule has 0 bridgehead atoms. The van der Waals surface area contributed by atoms with E-state index in [1.54, 1.807) is 13.8 Å². The van der Waals surface area contributed by atoms with Gasteiger partial charge in [0.1, 0.15) is 5.82 Å². The zero-order chi connectivity index (χ0) is 18.6. The molecular weight excluding hydrogens is 332 g/mol. The van der Waals surface area contributed by atoms with Gasteiger partial charge in [0, 0.05) is 19.3 Å². The van der Waals surface area contributed by atoms with E-state index in [4.69, 9.17) is 5.11 Å². The van der Waals surface area contributed by atoms with Crippen molar-refractivity contribution in [2.24, 2.45) is 0 Å². The van der Waals surface area contributed by atoms with Crippen molar-refractivity contribution in [2.75, 3.05) is 6.54 Å². The molecule has 1 amide bonds. The van der Waals surface area contributed by atoms with Crippen LogP contribution in [0.4, 0.5) is 8.78 Å². The van der Waals surface area contributed by atoms with Crippen molar-refractivity contribution >= 4 is 11.9 Å². The molecule has 0 spiro atoms. The summed E-state index contributed by atoms with van der Waals surface area (Å²) in [5, 5.41) is 8.88. The van der Waals surface area contributed by atoms with Crippen LogP contribution in [0.3, 0.4) is 0 Å². The van der Waals surface area contributed by atoms with Crippen LogP contribution in [0.15, 0.2) is 24.4 Å². The highest BCUT2D eigenvalue weighted by Crippen LogP contribution is 2.15. The number of hydrogen-bond donors (Lipinski definition) is 1. The Morgan fingerprint density at radius 3 is 2.52 bits per heavy atom. The molecule has 2 rings (SSSR count). The van der Waals surface area contributed by atoms with Gasteiger partial charge in [-0.25, -0.2) is 18.7 Å². The molecule has 25 heavy (non-hydrogen) atoms. The Morgan fingerprint density at radius 2 is 1.92 bits per heavy atom. The van der Waals surface area contributed by atoms with E-state index < -0.39 is 23.5 Å². The number of halogens is 2. The Hall–Kier alpha value is -2.90. The second-order valence-corrected chi connectivity index (χ2v) is 5.54. The van der Waals surface area contributed by atoms with Crippen LogP contribution in [0.1, 0.15) is 33.9 Å². The summed E-state index contributed by atoms with van der Waals surface area (Å²) < 4.78 is 26.4. The number of aryl methyl sites for hydroxylation is 2. The van der Waals surface area contributed by atoms with E-state index in [0.29, 0.717) is 17.1 Å². The van der Waals surface area contributed by atoms with Crippen LogP contribution in [0.25, 0.3) is 0 Å². The molecule has 0 radical (unpaired) electrons. The second kappa shape index (κ2) is 7.78. The van der Waals surface area contributed by atoms with Gasteiger partial charge in [0.05, 0.1) is 17.7 Å². The number of carbonyl (C=O) groups excluding carboxylic acids is 1. The zero-order valence-electron chi connectivity index (χ0n) is 13.8. The number of nitrogens with zero attached hydrogens (tertiary/aromatic N) is 3. The van der Waals surface area contributed by atoms with Crippen molar-refractivity contribution in [3.63, 3.8) is 0 Å². The monoisotopic (exact) mass is 349 g/mol. The SMILES string of the molecule is Cc1ncc(C(=O)N(CCC(=O)O)Cc2ccc(F)c(F)c2)c(C)n1. The minimum Gasteiger partial charge on any atom is -0.481 e. The van der Waals surface area contributed by atoms with Gasteiger partial charge in [-0.1, -0.05) is 6.07 Å². The lowest BCUT2D eigenvalue weighted by atomic mass is 10.1. The topological polar surface area (TPSA) is 83.4 Å². The Labute approximate surface area is 143 Å². The molecule has 6 nitrogen and oxygen atoms in total. The lowest BCUT2D eigenvalue weighted by Crippen LogP contribution is -2.33. The summed E-state index contributed by atoms with van der Waals surface area (Å²) in [7, 11) is 0. The molecule has 1 heterocycles. The Kier molecular flexibility index (Phi) is 5.74. The Balaban J connectivity index is 2.29. The number of carbonyl (C=O) groups is 2. The van der Waals surface area contributed by atoms with E-state index in [2.05, 4.69) is 9.97 Å². The lowest BCUT2D eigenvalue weighted by molar-refractivity contribution is -0.137. The number of hydrogen-bond acceptors (Lipinski definition) is 4. The van der Waals surface area contributed by atoms with Crippen molar-refractivity contribution < 1.29 is 23.5 Å². The van der Waals surface area contributed by atoms with Gasteiger partial charge in [-0.2, -0.15) is 0 Å². The number of benzene rings is 1. The van der Waals surface area contributed by atoms with Crippen molar-refractivity contribution in [3.05, 3.63) is 58.7 Å². The number of aromatic nitrogens is 2. The molecular formula is C17H17F2N3O3. The molecule has 0 saturated heterocycles. The van der Waals surface area contributed by atoms with Crippen LogP contribution < -0.4 is 0 Å². The number of rotatable bonds is 6. The third kappa shape index (κ3) is 4.79. The predicted octanol–water partition coefficient (Wildman–Crippen LogP) is 2.49. The summed E-state index contributed by atoms with van der Waals surface area (Å²) in [6.07, 6.45) is 1.10. The number of aliphatic carboxylic acids is 1. The normalized spacial score (nSPS) is 10.6. The van der Waals surface area contributed by atoms with Gasteiger partial charge in [0.2, 0.25) is 0 Å². The van der Waals surface area contributed by atoms with E-state index in [0.717, 1.165) is 12.1 Å². The average molecular weight is 349 g/mol. The van der Waals surface area contributed by atoms with Gasteiger partial charge in [0.15, 0.2) is 11.6 Å². The molecule has 1 aromatic heterocycles. The summed E-state index contributed by atoms with van der Waals surface area (Å²) in [6.45, 7) is 3.19. The maximum absolute atomic E-state index is 13.4. The fraction of sp³-hybridized carbons (Fsp3) is 0.294. The number of amides is 1. The molecule has 0 fully saturated rings. The van der Waals surface area contributed by atoms with Gasteiger partial charge in [-0.05, 0) is 31.5 Å². The van der Waals surface area contributed by atoms with E-state index >= 15 is 0 Å². The lowest BCUT2D eigenvalue weighted by Gasteiger charge is -2.23. The highest BCUT2D eigenvalue weighted by molar-refractivity contribution is 5.95. The van der Waals surface area contributed by atoms with Gasteiger partial charge in [-0.3, -0.25) is 9.59 Å².